The molecule has 0 atom stereocenters. The molecule has 0 aromatic heterocycles. The molecule has 0 radical (unpaired) electrons. The zero-order valence-corrected chi connectivity index (χ0v) is 15.8. The number of aromatic hydroxyl groups is 1. The third kappa shape index (κ3) is 4.26. The molecule has 1 aliphatic heterocycles. The standard InChI is InChI=1S/C20H20ClN3O4/c21-15-6-4-13(5-7-15)9-20(19(28)23-10-17(22)26)11-24(12-20)18(27)14-2-1-3-16(25)8-14/h1-8,25H,9-12H2,(H2,22,26)(H,23,28). The van der Waals surface area contributed by atoms with Crippen molar-refractivity contribution >= 4 is 29.3 Å². The molecule has 28 heavy (non-hydrogen) atoms. The van der Waals surface area contributed by atoms with Gasteiger partial charge in [0.15, 0.2) is 0 Å². The van der Waals surface area contributed by atoms with Gasteiger partial charge in [-0.15, -0.1) is 0 Å². The average Bonchev–Trinajstić information content (AvgIpc) is 2.63. The fourth-order valence-electron chi connectivity index (χ4n) is 3.33. The molecule has 0 spiro atoms. The molecule has 1 heterocycles. The van der Waals surface area contributed by atoms with Gasteiger partial charge < -0.3 is 21.1 Å². The number of benzene rings is 2. The molecule has 0 unspecified atom stereocenters. The maximum absolute atomic E-state index is 12.8. The van der Waals surface area contributed by atoms with Crippen LogP contribution in [0.15, 0.2) is 48.5 Å². The Labute approximate surface area is 167 Å². The topological polar surface area (TPSA) is 113 Å². The highest BCUT2D eigenvalue weighted by molar-refractivity contribution is 6.30. The maximum atomic E-state index is 12.8. The molecule has 0 saturated carbocycles. The summed E-state index contributed by atoms with van der Waals surface area (Å²) in [5.41, 5.74) is 5.49. The second-order valence-electron chi connectivity index (χ2n) is 6.94. The van der Waals surface area contributed by atoms with Crippen LogP contribution in [0.3, 0.4) is 0 Å². The normalized spacial score (nSPS) is 14.8. The summed E-state index contributed by atoms with van der Waals surface area (Å²) in [4.78, 5) is 38.0. The summed E-state index contributed by atoms with van der Waals surface area (Å²) in [5.74, 6) is -1.24. The number of nitrogens with one attached hydrogen (secondary N) is 1. The molecule has 1 aliphatic rings. The molecule has 8 heteroatoms. The van der Waals surface area contributed by atoms with E-state index in [0.717, 1.165) is 5.56 Å². The van der Waals surface area contributed by atoms with Crippen molar-refractivity contribution in [2.75, 3.05) is 19.6 Å². The van der Waals surface area contributed by atoms with Gasteiger partial charge in [0.05, 0.1) is 12.0 Å². The minimum Gasteiger partial charge on any atom is -0.508 e. The summed E-state index contributed by atoms with van der Waals surface area (Å²) < 4.78 is 0. The molecular weight excluding hydrogens is 382 g/mol. The first kappa shape index (κ1) is 19.7. The van der Waals surface area contributed by atoms with Crippen LogP contribution in [0, 0.1) is 5.41 Å². The fraction of sp³-hybridized carbons (Fsp3) is 0.250. The molecule has 146 valence electrons. The van der Waals surface area contributed by atoms with Gasteiger partial charge in [-0.3, -0.25) is 14.4 Å². The quantitative estimate of drug-likeness (QED) is 0.677. The minimum absolute atomic E-state index is 0.00185. The van der Waals surface area contributed by atoms with Crippen LogP contribution in [0.25, 0.3) is 0 Å². The molecule has 1 fully saturated rings. The van der Waals surface area contributed by atoms with E-state index >= 15 is 0 Å². The Bertz CT molecular complexity index is 908. The number of carbonyl (C=O) groups is 3. The highest BCUT2D eigenvalue weighted by Gasteiger charge is 2.51. The minimum atomic E-state index is -0.865. The van der Waals surface area contributed by atoms with E-state index < -0.39 is 11.3 Å². The van der Waals surface area contributed by atoms with Gasteiger partial charge in [0.2, 0.25) is 11.8 Å². The van der Waals surface area contributed by atoms with E-state index in [1.807, 2.05) is 12.1 Å². The first-order valence-corrected chi connectivity index (χ1v) is 9.06. The number of nitrogens with two attached hydrogens (primary N) is 1. The van der Waals surface area contributed by atoms with Gasteiger partial charge in [-0.05, 0) is 42.3 Å². The number of likely N-dealkylation sites (tertiary alicyclic amines) is 1. The van der Waals surface area contributed by atoms with Crippen molar-refractivity contribution < 1.29 is 19.5 Å². The number of carbonyl (C=O) groups excluding carboxylic acids is 3. The zero-order chi connectivity index (χ0) is 20.3. The van der Waals surface area contributed by atoms with Crippen LogP contribution in [0.2, 0.25) is 5.02 Å². The highest BCUT2D eigenvalue weighted by Crippen LogP contribution is 2.36. The number of hydrogen-bond acceptors (Lipinski definition) is 4. The summed E-state index contributed by atoms with van der Waals surface area (Å²) in [7, 11) is 0. The number of hydrogen-bond donors (Lipinski definition) is 3. The van der Waals surface area contributed by atoms with Crippen molar-refractivity contribution in [3.8, 4) is 5.75 Å². The van der Waals surface area contributed by atoms with E-state index in [1.54, 1.807) is 24.3 Å². The Balaban J connectivity index is 1.77. The summed E-state index contributed by atoms with van der Waals surface area (Å²) in [6.45, 7) is 0.116. The largest absolute Gasteiger partial charge is 0.508 e. The van der Waals surface area contributed by atoms with Crippen LogP contribution in [0.4, 0.5) is 0 Å². The Morgan fingerprint density at radius 2 is 1.82 bits per heavy atom. The number of halogens is 1. The van der Waals surface area contributed by atoms with Gasteiger partial charge in [-0.1, -0.05) is 29.8 Å². The number of amides is 3. The van der Waals surface area contributed by atoms with E-state index in [9.17, 15) is 19.5 Å². The van der Waals surface area contributed by atoms with Crippen molar-refractivity contribution in [2.45, 2.75) is 6.42 Å². The van der Waals surface area contributed by atoms with Crippen molar-refractivity contribution in [1.29, 1.82) is 0 Å². The van der Waals surface area contributed by atoms with Gasteiger partial charge in [0.1, 0.15) is 5.75 Å². The second kappa shape index (κ2) is 7.90. The molecule has 3 rings (SSSR count). The van der Waals surface area contributed by atoms with Gasteiger partial charge in [0, 0.05) is 23.7 Å². The monoisotopic (exact) mass is 401 g/mol. The summed E-state index contributed by atoms with van der Waals surface area (Å²) in [6.07, 6.45) is 0.387. The SMILES string of the molecule is NC(=O)CNC(=O)C1(Cc2ccc(Cl)cc2)CN(C(=O)c2cccc(O)c2)C1. The molecule has 2 aromatic rings. The first-order valence-electron chi connectivity index (χ1n) is 8.68. The Kier molecular flexibility index (Phi) is 5.56. The fourth-order valence-corrected chi connectivity index (χ4v) is 3.46. The van der Waals surface area contributed by atoms with E-state index in [1.165, 1.54) is 17.0 Å². The Morgan fingerprint density at radius 1 is 1.14 bits per heavy atom. The molecule has 4 N–H and O–H groups in total. The van der Waals surface area contributed by atoms with Gasteiger partial charge in [-0.2, -0.15) is 0 Å². The number of phenolic OH excluding ortho intramolecular Hbond substituents is 1. The van der Waals surface area contributed by atoms with Crippen LogP contribution >= 0.6 is 11.6 Å². The molecule has 2 aromatic carbocycles. The predicted octanol–water partition coefficient (Wildman–Crippen LogP) is 1.33. The smallest absolute Gasteiger partial charge is 0.254 e. The summed E-state index contributed by atoms with van der Waals surface area (Å²) >= 11 is 5.92. The van der Waals surface area contributed by atoms with E-state index in [2.05, 4.69) is 5.32 Å². The lowest BCUT2D eigenvalue weighted by Crippen LogP contribution is -2.66. The van der Waals surface area contributed by atoms with E-state index in [-0.39, 0.29) is 37.2 Å². The van der Waals surface area contributed by atoms with Crippen molar-refractivity contribution in [3.05, 3.63) is 64.7 Å². The molecule has 0 bridgehead atoms. The zero-order valence-electron chi connectivity index (χ0n) is 15.0. The lowest BCUT2D eigenvalue weighted by atomic mass is 9.73. The molecule has 0 aliphatic carbocycles. The van der Waals surface area contributed by atoms with E-state index in [4.69, 9.17) is 17.3 Å². The lowest BCUT2D eigenvalue weighted by molar-refractivity contribution is -0.140. The van der Waals surface area contributed by atoms with Gasteiger partial charge in [-0.25, -0.2) is 0 Å². The van der Waals surface area contributed by atoms with E-state index in [0.29, 0.717) is 17.0 Å². The summed E-state index contributed by atoms with van der Waals surface area (Å²) in [6, 6.07) is 13.2. The van der Waals surface area contributed by atoms with Crippen molar-refractivity contribution in [2.24, 2.45) is 11.1 Å². The predicted molar refractivity (Wildman–Crippen MR) is 104 cm³/mol. The Morgan fingerprint density at radius 3 is 2.43 bits per heavy atom. The lowest BCUT2D eigenvalue weighted by Gasteiger charge is -2.49. The van der Waals surface area contributed by atoms with Crippen molar-refractivity contribution in [3.63, 3.8) is 0 Å². The highest BCUT2D eigenvalue weighted by atomic mass is 35.5. The van der Waals surface area contributed by atoms with Crippen LogP contribution in [-0.2, 0) is 16.0 Å². The summed E-state index contributed by atoms with van der Waals surface area (Å²) in [5, 5.41) is 12.7. The molecule has 3 amide bonds. The molecule has 7 nitrogen and oxygen atoms in total. The van der Waals surface area contributed by atoms with Gasteiger partial charge >= 0.3 is 0 Å². The molecular formula is C20H20ClN3O4. The van der Waals surface area contributed by atoms with Crippen LogP contribution in [0.1, 0.15) is 15.9 Å². The van der Waals surface area contributed by atoms with Crippen molar-refractivity contribution in [1.82, 2.24) is 10.2 Å². The third-order valence-corrected chi connectivity index (χ3v) is 4.98. The number of primary amides is 1. The molecule has 1 saturated heterocycles. The number of rotatable bonds is 6. The Hall–Kier alpha value is -3.06. The van der Waals surface area contributed by atoms with Crippen LogP contribution < -0.4 is 11.1 Å². The number of phenols is 1. The second-order valence-corrected chi connectivity index (χ2v) is 7.38. The van der Waals surface area contributed by atoms with Crippen LogP contribution in [-0.4, -0.2) is 47.4 Å². The number of nitrogens with zero attached hydrogens (tertiary/aromatic N) is 1. The third-order valence-electron chi connectivity index (χ3n) is 4.73. The first-order chi connectivity index (χ1) is 13.3. The maximum Gasteiger partial charge on any atom is 0.254 e. The van der Waals surface area contributed by atoms with Gasteiger partial charge in [0.25, 0.3) is 5.91 Å². The van der Waals surface area contributed by atoms with Crippen LogP contribution in [0.5, 0.6) is 5.75 Å². The average molecular weight is 402 g/mol.